The van der Waals surface area contributed by atoms with Crippen LogP contribution in [0.25, 0.3) is 0 Å². The molecule has 0 spiro atoms. The maximum absolute atomic E-state index is 11.9. The van der Waals surface area contributed by atoms with Crippen molar-refractivity contribution < 1.29 is 14.3 Å². The number of nitrogens with one attached hydrogen (secondary N) is 1. The minimum atomic E-state index is -0.464. The van der Waals surface area contributed by atoms with E-state index in [2.05, 4.69) is 10.3 Å². The molecule has 0 saturated heterocycles. The van der Waals surface area contributed by atoms with E-state index >= 15 is 0 Å². The van der Waals surface area contributed by atoms with Crippen molar-refractivity contribution >= 4 is 11.9 Å². The molecule has 0 bridgehead atoms. The molecule has 0 aromatic heterocycles. The third kappa shape index (κ3) is 6.42. The molecule has 0 radical (unpaired) electrons. The van der Waals surface area contributed by atoms with Crippen molar-refractivity contribution in [3.63, 3.8) is 0 Å². The number of aliphatic imine (C=N–C) groups is 1. The zero-order valence-corrected chi connectivity index (χ0v) is 12.4. The van der Waals surface area contributed by atoms with E-state index in [0.29, 0.717) is 39.4 Å². The first-order chi connectivity index (χ1) is 8.92. The van der Waals surface area contributed by atoms with Gasteiger partial charge >= 0.3 is 6.09 Å². The van der Waals surface area contributed by atoms with Gasteiger partial charge in [0, 0.05) is 19.7 Å². The molecular formula is C13H25N3O3. The molecule has 1 aliphatic heterocycles. The van der Waals surface area contributed by atoms with Crippen molar-refractivity contribution in [2.75, 3.05) is 39.4 Å². The molecule has 1 N–H and O–H groups in total. The highest BCUT2D eigenvalue weighted by atomic mass is 16.6. The van der Waals surface area contributed by atoms with Gasteiger partial charge in [-0.15, -0.1) is 0 Å². The van der Waals surface area contributed by atoms with Crippen LogP contribution in [0, 0.1) is 0 Å². The summed E-state index contributed by atoms with van der Waals surface area (Å²) in [6, 6.07) is 0. The van der Waals surface area contributed by atoms with Crippen molar-refractivity contribution in [3.05, 3.63) is 0 Å². The fourth-order valence-electron chi connectivity index (χ4n) is 1.62. The highest BCUT2D eigenvalue weighted by Gasteiger charge is 2.24. The molecule has 0 aliphatic carbocycles. The van der Waals surface area contributed by atoms with Crippen molar-refractivity contribution in [2.45, 2.75) is 33.3 Å². The van der Waals surface area contributed by atoms with E-state index in [-0.39, 0.29) is 6.09 Å². The minimum Gasteiger partial charge on any atom is -0.444 e. The molecule has 0 aromatic rings. The molecule has 110 valence electrons. The maximum Gasteiger partial charge on any atom is 0.410 e. The number of ether oxygens (including phenoxy) is 2. The number of amidine groups is 1. The van der Waals surface area contributed by atoms with Gasteiger partial charge in [0.15, 0.2) is 0 Å². The fraction of sp³-hybridized carbons (Fsp3) is 0.846. The lowest BCUT2D eigenvalue weighted by Gasteiger charge is -2.29. The minimum absolute atomic E-state index is 0.286. The third-order valence-electron chi connectivity index (χ3n) is 2.44. The van der Waals surface area contributed by atoms with Crippen molar-refractivity contribution in [1.29, 1.82) is 0 Å². The molecular weight excluding hydrogens is 246 g/mol. The first kappa shape index (κ1) is 15.8. The third-order valence-corrected chi connectivity index (χ3v) is 2.44. The van der Waals surface area contributed by atoms with Crippen LogP contribution in [0.5, 0.6) is 0 Å². The first-order valence-electron chi connectivity index (χ1n) is 6.75. The lowest BCUT2D eigenvalue weighted by molar-refractivity contribution is 0.0276. The Hall–Kier alpha value is -1.30. The summed E-state index contributed by atoms with van der Waals surface area (Å²) in [7, 11) is 0. The molecule has 0 atom stereocenters. The first-order valence-corrected chi connectivity index (χ1v) is 6.75. The van der Waals surface area contributed by atoms with Crippen LogP contribution in [0.1, 0.15) is 27.7 Å². The van der Waals surface area contributed by atoms with Gasteiger partial charge in [-0.1, -0.05) is 0 Å². The molecule has 19 heavy (non-hydrogen) atoms. The normalized spacial score (nSPS) is 16.0. The van der Waals surface area contributed by atoms with E-state index in [1.807, 2.05) is 27.7 Å². The summed E-state index contributed by atoms with van der Waals surface area (Å²) in [5.74, 6) is 0.816. The number of hydrogen-bond donors (Lipinski definition) is 1. The summed E-state index contributed by atoms with van der Waals surface area (Å²) in [5, 5.41) is 3.18. The van der Waals surface area contributed by atoms with E-state index in [1.54, 1.807) is 4.90 Å². The summed E-state index contributed by atoms with van der Waals surface area (Å²) < 4.78 is 10.6. The average Bonchev–Trinajstić information content (AvgIpc) is 2.33. The van der Waals surface area contributed by atoms with Crippen LogP contribution < -0.4 is 5.32 Å². The lowest BCUT2D eigenvalue weighted by Crippen LogP contribution is -2.47. The van der Waals surface area contributed by atoms with Gasteiger partial charge in [-0.2, -0.15) is 0 Å². The van der Waals surface area contributed by atoms with Gasteiger partial charge in [-0.05, 0) is 27.7 Å². The Morgan fingerprint density at radius 1 is 1.47 bits per heavy atom. The Balaban J connectivity index is 2.36. The molecule has 1 amide bonds. The maximum atomic E-state index is 11.9. The average molecular weight is 271 g/mol. The Bertz CT molecular complexity index is 324. The molecule has 6 nitrogen and oxygen atoms in total. The van der Waals surface area contributed by atoms with Gasteiger partial charge in [-0.3, -0.25) is 9.89 Å². The highest BCUT2D eigenvalue weighted by Crippen LogP contribution is 2.10. The zero-order valence-electron chi connectivity index (χ0n) is 12.4. The molecule has 0 saturated carbocycles. The van der Waals surface area contributed by atoms with Crippen molar-refractivity contribution in [1.82, 2.24) is 10.2 Å². The number of carbonyl (C=O) groups excluding carboxylic acids is 1. The second-order valence-corrected chi connectivity index (χ2v) is 5.35. The summed E-state index contributed by atoms with van der Waals surface area (Å²) in [5.41, 5.74) is -0.464. The second kappa shape index (κ2) is 7.33. The van der Waals surface area contributed by atoms with Crippen molar-refractivity contribution in [2.24, 2.45) is 4.99 Å². The monoisotopic (exact) mass is 271 g/mol. The fourth-order valence-corrected chi connectivity index (χ4v) is 1.62. The predicted molar refractivity (Wildman–Crippen MR) is 74.6 cm³/mol. The molecule has 1 aliphatic rings. The standard InChI is InChI=1S/C13H25N3O3/c1-5-18-9-7-15-11-10-16(8-6-14-11)12(17)19-13(2,3)4/h5-10H2,1-4H3,(H,14,15). The van der Waals surface area contributed by atoms with Crippen LogP contribution in [-0.4, -0.2) is 61.8 Å². The Morgan fingerprint density at radius 2 is 2.21 bits per heavy atom. The molecule has 1 rings (SSSR count). The predicted octanol–water partition coefficient (Wildman–Crippen LogP) is 1.26. The summed E-state index contributed by atoms with van der Waals surface area (Å²) in [6.07, 6.45) is -0.286. The molecule has 0 fully saturated rings. The van der Waals surface area contributed by atoms with Gasteiger partial charge in [0.2, 0.25) is 0 Å². The smallest absolute Gasteiger partial charge is 0.410 e. The number of hydrogen-bond acceptors (Lipinski definition) is 5. The van der Waals surface area contributed by atoms with Gasteiger partial charge in [-0.25, -0.2) is 4.79 Å². The van der Waals surface area contributed by atoms with Gasteiger partial charge < -0.3 is 14.8 Å². The number of nitrogens with zero attached hydrogens (tertiary/aromatic N) is 2. The van der Waals surface area contributed by atoms with Gasteiger partial charge in [0.1, 0.15) is 11.4 Å². The van der Waals surface area contributed by atoms with E-state index in [4.69, 9.17) is 9.47 Å². The Kier molecular flexibility index (Phi) is 6.08. The van der Waals surface area contributed by atoms with Crippen LogP contribution in [0.15, 0.2) is 4.99 Å². The van der Waals surface area contributed by atoms with Crippen LogP contribution in [0.3, 0.4) is 0 Å². The number of amides is 1. The summed E-state index contributed by atoms with van der Waals surface area (Å²) in [4.78, 5) is 18.0. The zero-order chi connectivity index (χ0) is 14.3. The summed E-state index contributed by atoms with van der Waals surface area (Å²) in [6.45, 7) is 11.3. The van der Waals surface area contributed by atoms with E-state index < -0.39 is 5.60 Å². The highest BCUT2D eigenvalue weighted by molar-refractivity contribution is 5.87. The summed E-state index contributed by atoms with van der Waals surface area (Å²) >= 11 is 0. The second-order valence-electron chi connectivity index (χ2n) is 5.35. The Morgan fingerprint density at radius 3 is 2.84 bits per heavy atom. The SMILES string of the molecule is CCOCCNC1=NCCN(C(=O)OC(C)(C)C)C1. The van der Waals surface area contributed by atoms with Gasteiger partial charge in [0.25, 0.3) is 0 Å². The number of carbonyl (C=O) groups is 1. The quantitative estimate of drug-likeness (QED) is 0.782. The van der Waals surface area contributed by atoms with Crippen LogP contribution in [0.2, 0.25) is 0 Å². The van der Waals surface area contributed by atoms with E-state index in [1.165, 1.54) is 0 Å². The number of rotatable bonds is 4. The van der Waals surface area contributed by atoms with E-state index in [0.717, 1.165) is 5.84 Å². The topological polar surface area (TPSA) is 63.2 Å². The largest absolute Gasteiger partial charge is 0.444 e. The van der Waals surface area contributed by atoms with Crippen molar-refractivity contribution in [3.8, 4) is 0 Å². The van der Waals surface area contributed by atoms with E-state index in [9.17, 15) is 4.79 Å². The molecule has 0 unspecified atom stereocenters. The Labute approximate surface area is 115 Å². The van der Waals surface area contributed by atoms with Crippen LogP contribution in [-0.2, 0) is 9.47 Å². The van der Waals surface area contributed by atoms with Gasteiger partial charge in [0.05, 0.1) is 19.7 Å². The lowest BCUT2D eigenvalue weighted by atomic mass is 10.2. The molecule has 1 heterocycles. The van der Waals surface area contributed by atoms with Crippen LogP contribution in [0.4, 0.5) is 4.79 Å². The van der Waals surface area contributed by atoms with Crippen LogP contribution >= 0.6 is 0 Å². The molecule has 6 heteroatoms. The molecule has 0 aromatic carbocycles.